The van der Waals surface area contributed by atoms with Gasteiger partial charge >= 0.3 is 0 Å². The van der Waals surface area contributed by atoms with Crippen LogP contribution in [0.3, 0.4) is 0 Å². The van der Waals surface area contributed by atoms with Gasteiger partial charge in [-0.2, -0.15) is 0 Å². The number of hydrogen-bond donors (Lipinski definition) is 0. The largest absolute Gasteiger partial charge is 0.436 e. The summed E-state index contributed by atoms with van der Waals surface area (Å²) < 4.78 is 8.24. The third-order valence-electron chi connectivity index (χ3n) is 5.45. The SMILES string of the molecule is Cc1cc(-c2nc3ccccc3o2)cc(-c2nc3ccccc3n2-c2ccccc2)c1. The molecule has 4 nitrogen and oxygen atoms in total. The number of hydrogen-bond acceptors (Lipinski definition) is 3. The van der Waals surface area contributed by atoms with E-state index in [9.17, 15) is 0 Å². The second-order valence-electron chi connectivity index (χ2n) is 7.67. The molecule has 0 bridgehead atoms. The molecule has 4 aromatic carbocycles. The smallest absolute Gasteiger partial charge is 0.227 e. The summed E-state index contributed by atoms with van der Waals surface area (Å²) in [5.41, 5.74) is 7.86. The van der Waals surface area contributed by atoms with Gasteiger partial charge in [0.2, 0.25) is 5.89 Å². The summed E-state index contributed by atoms with van der Waals surface area (Å²) in [6.45, 7) is 2.09. The molecular formula is C27H19N3O. The molecule has 0 aliphatic carbocycles. The van der Waals surface area contributed by atoms with Crippen LogP contribution in [0.25, 0.3) is 50.7 Å². The van der Waals surface area contributed by atoms with Gasteiger partial charge < -0.3 is 4.42 Å². The summed E-state index contributed by atoms with van der Waals surface area (Å²) >= 11 is 0. The molecule has 6 aromatic rings. The predicted octanol–water partition coefficient (Wildman–Crippen LogP) is 6.81. The summed E-state index contributed by atoms with van der Waals surface area (Å²) in [6.07, 6.45) is 0. The van der Waals surface area contributed by atoms with E-state index in [0.29, 0.717) is 5.89 Å². The van der Waals surface area contributed by atoms with Crippen molar-refractivity contribution in [1.82, 2.24) is 14.5 Å². The molecule has 2 aromatic heterocycles. The molecule has 0 aliphatic heterocycles. The molecule has 0 N–H and O–H groups in total. The number of benzene rings is 4. The normalized spacial score (nSPS) is 11.4. The zero-order valence-electron chi connectivity index (χ0n) is 17.0. The molecule has 0 spiro atoms. The van der Waals surface area contributed by atoms with Gasteiger partial charge in [0.25, 0.3) is 0 Å². The quantitative estimate of drug-likeness (QED) is 0.327. The van der Waals surface area contributed by atoms with Gasteiger partial charge in [0, 0.05) is 16.8 Å². The van der Waals surface area contributed by atoms with Crippen LogP contribution in [-0.4, -0.2) is 14.5 Å². The fraction of sp³-hybridized carbons (Fsp3) is 0.0370. The summed E-state index contributed by atoms with van der Waals surface area (Å²) in [7, 11) is 0. The van der Waals surface area contributed by atoms with E-state index in [-0.39, 0.29) is 0 Å². The topological polar surface area (TPSA) is 43.9 Å². The van der Waals surface area contributed by atoms with Crippen molar-refractivity contribution in [2.45, 2.75) is 6.92 Å². The van der Waals surface area contributed by atoms with Crippen molar-refractivity contribution in [2.75, 3.05) is 0 Å². The maximum absolute atomic E-state index is 6.04. The molecule has 0 saturated heterocycles. The maximum atomic E-state index is 6.04. The molecule has 4 heteroatoms. The number of nitrogens with zero attached hydrogens (tertiary/aromatic N) is 3. The first-order valence-electron chi connectivity index (χ1n) is 10.3. The first-order chi connectivity index (χ1) is 15.3. The van der Waals surface area contributed by atoms with Gasteiger partial charge in [-0.05, 0) is 67.1 Å². The van der Waals surface area contributed by atoms with Gasteiger partial charge in [-0.3, -0.25) is 4.57 Å². The van der Waals surface area contributed by atoms with Crippen LogP contribution in [0.4, 0.5) is 0 Å². The second kappa shape index (κ2) is 6.96. The lowest BCUT2D eigenvalue weighted by Crippen LogP contribution is -1.98. The Balaban J connectivity index is 1.59. The zero-order chi connectivity index (χ0) is 20.8. The first-order valence-corrected chi connectivity index (χ1v) is 10.3. The van der Waals surface area contributed by atoms with E-state index >= 15 is 0 Å². The third-order valence-corrected chi connectivity index (χ3v) is 5.45. The number of rotatable bonds is 3. The number of aromatic nitrogens is 3. The van der Waals surface area contributed by atoms with Crippen LogP contribution in [0.15, 0.2) is 101 Å². The lowest BCUT2D eigenvalue weighted by Gasteiger charge is -2.11. The van der Waals surface area contributed by atoms with E-state index in [1.807, 2.05) is 54.6 Å². The van der Waals surface area contributed by atoms with Gasteiger partial charge in [0.15, 0.2) is 5.58 Å². The summed E-state index contributed by atoms with van der Waals surface area (Å²) in [5.74, 6) is 1.52. The highest BCUT2D eigenvalue weighted by Gasteiger charge is 2.16. The van der Waals surface area contributed by atoms with E-state index in [2.05, 4.69) is 58.9 Å². The van der Waals surface area contributed by atoms with Crippen LogP contribution < -0.4 is 0 Å². The predicted molar refractivity (Wildman–Crippen MR) is 124 cm³/mol. The minimum Gasteiger partial charge on any atom is -0.436 e. The van der Waals surface area contributed by atoms with Gasteiger partial charge in [0.1, 0.15) is 11.3 Å². The number of para-hydroxylation sites is 5. The molecule has 0 radical (unpaired) electrons. The van der Waals surface area contributed by atoms with Gasteiger partial charge in [-0.25, -0.2) is 9.97 Å². The van der Waals surface area contributed by atoms with Crippen molar-refractivity contribution in [3.8, 4) is 28.5 Å². The highest BCUT2D eigenvalue weighted by atomic mass is 16.3. The standard InChI is InChI=1S/C27H19N3O/c1-18-15-19(17-20(16-18)27-29-23-12-6-8-14-25(23)31-27)26-28-22-11-5-7-13-24(22)30(26)21-9-3-2-4-10-21/h2-17H,1H3. The average molecular weight is 401 g/mol. The molecule has 31 heavy (non-hydrogen) atoms. The molecule has 0 atom stereocenters. The fourth-order valence-corrected chi connectivity index (χ4v) is 4.09. The summed E-state index contributed by atoms with van der Waals surface area (Å²) in [4.78, 5) is 9.68. The molecule has 0 aliphatic rings. The molecule has 0 saturated carbocycles. The van der Waals surface area contributed by atoms with E-state index in [4.69, 9.17) is 9.40 Å². The third kappa shape index (κ3) is 3.01. The number of aryl methyl sites for hydroxylation is 1. The minimum absolute atomic E-state index is 0.619. The van der Waals surface area contributed by atoms with Crippen molar-refractivity contribution in [1.29, 1.82) is 0 Å². The van der Waals surface area contributed by atoms with Crippen molar-refractivity contribution in [2.24, 2.45) is 0 Å². The average Bonchev–Trinajstić information content (AvgIpc) is 3.41. The van der Waals surface area contributed by atoms with Crippen LogP contribution >= 0.6 is 0 Å². The minimum atomic E-state index is 0.619. The van der Waals surface area contributed by atoms with E-state index in [1.165, 1.54) is 0 Å². The monoisotopic (exact) mass is 401 g/mol. The van der Waals surface area contributed by atoms with E-state index < -0.39 is 0 Å². The molecular weight excluding hydrogens is 382 g/mol. The van der Waals surface area contributed by atoms with Crippen molar-refractivity contribution in [3.05, 3.63) is 103 Å². The Bertz CT molecular complexity index is 1510. The van der Waals surface area contributed by atoms with Crippen molar-refractivity contribution >= 4 is 22.1 Å². The number of fused-ring (bicyclic) bond motifs is 2. The van der Waals surface area contributed by atoms with E-state index in [0.717, 1.165) is 50.3 Å². The number of oxazole rings is 1. The van der Waals surface area contributed by atoms with Crippen LogP contribution in [0, 0.1) is 6.92 Å². The first kappa shape index (κ1) is 17.7. The molecule has 148 valence electrons. The Labute approximate surface area is 179 Å². The fourth-order valence-electron chi connectivity index (χ4n) is 4.09. The lowest BCUT2D eigenvalue weighted by atomic mass is 10.1. The summed E-state index contributed by atoms with van der Waals surface area (Å²) in [5, 5.41) is 0. The van der Waals surface area contributed by atoms with Crippen molar-refractivity contribution < 1.29 is 4.42 Å². The molecule has 0 fully saturated rings. The molecule has 0 unspecified atom stereocenters. The Morgan fingerprint density at radius 2 is 1.39 bits per heavy atom. The maximum Gasteiger partial charge on any atom is 0.227 e. The molecule has 6 rings (SSSR count). The van der Waals surface area contributed by atoms with Crippen LogP contribution in [0.5, 0.6) is 0 Å². The molecule has 0 amide bonds. The van der Waals surface area contributed by atoms with Crippen molar-refractivity contribution in [3.63, 3.8) is 0 Å². The van der Waals surface area contributed by atoms with Crippen LogP contribution in [0.2, 0.25) is 0 Å². The molecule has 2 heterocycles. The Kier molecular flexibility index (Phi) is 3.96. The van der Waals surface area contributed by atoms with Gasteiger partial charge in [-0.15, -0.1) is 0 Å². The Hall–Kier alpha value is -4.18. The lowest BCUT2D eigenvalue weighted by molar-refractivity contribution is 0.620. The Morgan fingerprint density at radius 1 is 0.677 bits per heavy atom. The number of imidazole rings is 1. The van der Waals surface area contributed by atoms with Crippen LogP contribution in [-0.2, 0) is 0 Å². The van der Waals surface area contributed by atoms with Gasteiger partial charge in [-0.1, -0.05) is 42.5 Å². The highest BCUT2D eigenvalue weighted by Crippen LogP contribution is 2.33. The Morgan fingerprint density at radius 3 is 2.23 bits per heavy atom. The highest BCUT2D eigenvalue weighted by molar-refractivity contribution is 5.84. The second-order valence-corrected chi connectivity index (χ2v) is 7.67. The van der Waals surface area contributed by atoms with E-state index in [1.54, 1.807) is 0 Å². The zero-order valence-corrected chi connectivity index (χ0v) is 17.0. The summed E-state index contributed by atoms with van der Waals surface area (Å²) in [6, 6.07) is 32.8. The van der Waals surface area contributed by atoms with Crippen LogP contribution in [0.1, 0.15) is 5.56 Å². The van der Waals surface area contributed by atoms with Gasteiger partial charge in [0.05, 0.1) is 11.0 Å².